The Morgan fingerprint density at radius 2 is 2.00 bits per heavy atom. The number of rotatable bonds is 5. The van der Waals surface area contributed by atoms with Gasteiger partial charge in [0, 0.05) is 0 Å². The number of hydrogen-bond donors (Lipinski definition) is 1. The lowest BCUT2D eigenvalue weighted by atomic mass is 9.98. The van der Waals surface area contributed by atoms with Gasteiger partial charge in [-0.25, -0.2) is 9.48 Å². The van der Waals surface area contributed by atoms with Crippen LogP contribution in [0, 0.1) is 0 Å². The summed E-state index contributed by atoms with van der Waals surface area (Å²) < 4.78 is 11.5. The van der Waals surface area contributed by atoms with Gasteiger partial charge in [0.05, 0.1) is 6.10 Å². The molecule has 1 aliphatic rings. The Kier molecular flexibility index (Phi) is 5.35. The molecule has 1 aromatic heterocycles. The molecular weight excluding hydrogens is 288 g/mol. The minimum Gasteiger partial charge on any atom is -0.462 e. The summed E-state index contributed by atoms with van der Waals surface area (Å²) in [7, 11) is 0. The van der Waals surface area contributed by atoms with Gasteiger partial charge >= 0.3 is 11.9 Å². The van der Waals surface area contributed by atoms with Crippen molar-refractivity contribution < 1.29 is 19.1 Å². The largest absolute Gasteiger partial charge is 0.462 e. The van der Waals surface area contributed by atoms with Crippen LogP contribution in [0.3, 0.4) is 0 Å². The fourth-order valence-corrected chi connectivity index (χ4v) is 2.40. The number of nitrogen functional groups attached to an aromatic ring is 1. The number of anilines is 1. The smallest absolute Gasteiger partial charge is 0.363 e. The average Bonchev–Trinajstić information content (AvgIpc) is 2.80. The first kappa shape index (κ1) is 16.3. The predicted molar refractivity (Wildman–Crippen MR) is 78.0 cm³/mol. The molecule has 22 heavy (non-hydrogen) atoms. The van der Waals surface area contributed by atoms with Crippen LogP contribution >= 0.6 is 0 Å². The Morgan fingerprint density at radius 3 is 2.64 bits per heavy atom. The maximum Gasteiger partial charge on any atom is 0.363 e. The van der Waals surface area contributed by atoms with Crippen molar-refractivity contribution in [3.8, 4) is 0 Å². The number of aromatic nitrogens is 3. The van der Waals surface area contributed by atoms with Gasteiger partial charge in [-0.3, -0.25) is 4.79 Å². The van der Waals surface area contributed by atoms with E-state index in [0.717, 1.165) is 30.4 Å². The lowest BCUT2D eigenvalue weighted by Gasteiger charge is -2.21. The summed E-state index contributed by atoms with van der Waals surface area (Å²) in [6, 6.07) is 0. The van der Waals surface area contributed by atoms with E-state index < -0.39 is 11.9 Å². The first-order valence-corrected chi connectivity index (χ1v) is 7.56. The average molecular weight is 310 g/mol. The minimum atomic E-state index is -0.590. The van der Waals surface area contributed by atoms with E-state index in [1.165, 1.54) is 6.42 Å². The molecule has 0 unspecified atom stereocenters. The summed E-state index contributed by atoms with van der Waals surface area (Å²) in [6.07, 6.45) is 4.69. The molecule has 8 nitrogen and oxygen atoms in total. The van der Waals surface area contributed by atoms with Crippen LogP contribution in [0.25, 0.3) is 0 Å². The third-order valence-corrected chi connectivity index (χ3v) is 3.44. The van der Waals surface area contributed by atoms with Crippen molar-refractivity contribution in [1.29, 1.82) is 0 Å². The third-order valence-electron chi connectivity index (χ3n) is 3.44. The summed E-state index contributed by atoms with van der Waals surface area (Å²) in [5, 5.41) is 7.44. The van der Waals surface area contributed by atoms with Crippen LogP contribution in [0.1, 0.15) is 56.4 Å². The number of nitrogens with two attached hydrogens (primary N) is 1. The SMILES string of the molecule is CC(C)OC(=O)Cn1nnc(C(=O)OC2CCCCC2)c1N. The van der Waals surface area contributed by atoms with Crippen molar-refractivity contribution in [2.45, 2.75) is 64.7 Å². The zero-order valence-electron chi connectivity index (χ0n) is 12.9. The number of hydrogen-bond acceptors (Lipinski definition) is 7. The van der Waals surface area contributed by atoms with Crippen molar-refractivity contribution in [2.24, 2.45) is 0 Å². The summed E-state index contributed by atoms with van der Waals surface area (Å²) in [6.45, 7) is 3.30. The van der Waals surface area contributed by atoms with Crippen LogP contribution < -0.4 is 5.73 Å². The lowest BCUT2D eigenvalue weighted by molar-refractivity contribution is -0.148. The topological polar surface area (TPSA) is 109 Å². The maximum atomic E-state index is 12.1. The molecule has 0 radical (unpaired) electrons. The van der Waals surface area contributed by atoms with Gasteiger partial charge in [-0.15, -0.1) is 5.10 Å². The van der Waals surface area contributed by atoms with Crippen LogP contribution in [-0.2, 0) is 20.8 Å². The number of nitrogens with zero attached hydrogens (tertiary/aromatic N) is 3. The van der Waals surface area contributed by atoms with Crippen LogP contribution in [0.5, 0.6) is 0 Å². The molecule has 0 bridgehead atoms. The molecule has 1 fully saturated rings. The molecule has 122 valence electrons. The molecular formula is C14H22N4O4. The molecule has 0 saturated heterocycles. The van der Waals surface area contributed by atoms with Crippen molar-refractivity contribution in [2.75, 3.05) is 5.73 Å². The van der Waals surface area contributed by atoms with E-state index in [0.29, 0.717) is 0 Å². The lowest BCUT2D eigenvalue weighted by Crippen LogP contribution is -2.22. The first-order chi connectivity index (χ1) is 10.5. The first-order valence-electron chi connectivity index (χ1n) is 7.56. The van der Waals surface area contributed by atoms with E-state index in [1.54, 1.807) is 13.8 Å². The number of carbonyl (C=O) groups is 2. The fraction of sp³-hybridized carbons (Fsp3) is 0.714. The Morgan fingerprint density at radius 1 is 1.32 bits per heavy atom. The highest BCUT2D eigenvalue weighted by Crippen LogP contribution is 2.22. The summed E-state index contributed by atoms with van der Waals surface area (Å²) in [5.74, 6) is -1.06. The zero-order chi connectivity index (χ0) is 16.1. The fourth-order valence-electron chi connectivity index (χ4n) is 2.40. The summed E-state index contributed by atoms with van der Waals surface area (Å²) in [5.41, 5.74) is 5.76. The van der Waals surface area contributed by atoms with Gasteiger partial charge in [-0.05, 0) is 39.5 Å². The van der Waals surface area contributed by atoms with Crippen molar-refractivity contribution >= 4 is 17.8 Å². The maximum absolute atomic E-state index is 12.1. The van der Waals surface area contributed by atoms with Gasteiger partial charge in [0.15, 0.2) is 5.82 Å². The van der Waals surface area contributed by atoms with Crippen LogP contribution in [-0.4, -0.2) is 39.1 Å². The Hall–Kier alpha value is -2.12. The predicted octanol–water partition coefficient (Wildman–Crippen LogP) is 1.30. The van der Waals surface area contributed by atoms with E-state index in [2.05, 4.69) is 10.3 Å². The zero-order valence-corrected chi connectivity index (χ0v) is 12.9. The quantitative estimate of drug-likeness (QED) is 0.816. The van der Waals surface area contributed by atoms with Gasteiger partial charge in [0.1, 0.15) is 12.6 Å². The van der Waals surface area contributed by atoms with Gasteiger partial charge in [-0.2, -0.15) is 0 Å². The van der Waals surface area contributed by atoms with Crippen molar-refractivity contribution in [1.82, 2.24) is 15.0 Å². The molecule has 1 aromatic rings. The summed E-state index contributed by atoms with van der Waals surface area (Å²) in [4.78, 5) is 23.7. The van der Waals surface area contributed by atoms with E-state index in [-0.39, 0.29) is 30.3 Å². The van der Waals surface area contributed by atoms with Gasteiger partial charge in [-0.1, -0.05) is 11.6 Å². The normalized spacial score (nSPS) is 15.8. The molecule has 1 saturated carbocycles. The highest BCUT2D eigenvalue weighted by Gasteiger charge is 2.24. The molecule has 2 N–H and O–H groups in total. The standard InChI is InChI=1S/C14H22N4O4/c1-9(2)21-11(19)8-18-13(15)12(16-17-18)14(20)22-10-6-4-3-5-7-10/h9-10H,3-8,15H2,1-2H3. The van der Waals surface area contributed by atoms with E-state index in [4.69, 9.17) is 15.2 Å². The van der Waals surface area contributed by atoms with Gasteiger partial charge in [0.2, 0.25) is 5.69 Å². The van der Waals surface area contributed by atoms with Crippen LogP contribution in [0.2, 0.25) is 0 Å². The molecule has 0 spiro atoms. The number of esters is 2. The van der Waals surface area contributed by atoms with Crippen molar-refractivity contribution in [3.05, 3.63) is 5.69 Å². The summed E-state index contributed by atoms with van der Waals surface area (Å²) >= 11 is 0. The number of ether oxygens (including phenoxy) is 2. The molecule has 0 amide bonds. The Labute approximate surface area is 128 Å². The minimum absolute atomic E-state index is 0.0153. The molecule has 0 aromatic carbocycles. The molecule has 2 rings (SSSR count). The Balaban J connectivity index is 1.97. The molecule has 8 heteroatoms. The van der Waals surface area contributed by atoms with Gasteiger partial charge in [0.25, 0.3) is 0 Å². The van der Waals surface area contributed by atoms with Crippen LogP contribution in [0.15, 0.2) is 0 Å². The van der Waals surface area contributed by atoms with Crippen LogP contribution in [0.4, 0.5) is 5.82 Å². The second-order valence-electron chi connectivity index (χ2n) is 5.68. The second-order valence-corrected chi connectivity index (χ2v) is 5.68. The Bertz CT molecular complexity index is 535. The highest BCUT2D eigenvalue weighted by molar-refractivity contribution is 5.92. The molecule has 0 atom stereocenters. The van der Waals surface area contributed by atoms with E-state index in [1.807, 2.05) is 0 Å². The van der Waals surface area contributed by atoms with Crippen molar-refractivity contribution in [3.63, 3.8) is 0 Å². The molecule has 0 aliphatic heterocycles. The highest BCUT2D eigenvalue weighted by atomic mass is 16.5. The second kappa shape index (κ2) is 7.24. The van der Waals surface area contributed by atoms with E-state index in [9.17, 15) is 9.59 Å². The molecule has 1 heterocycles. The van der Waals surface area contributed by atoms with E-state index >= 15 is 0 Å². The molecule has 1 aliphatic carbocycles. The third kappa shape index (κ3) is 4.19. The number of carbonyl (C=O) groups excluding carboxylic acids is 2. The van der Waals surface area contributed by atoms with Gasteiger partial charge < -0.3 is 15.2 Å². The monoisotopic (exact) mass is 310 g/mol.